The molecule has 17 heavy (non-hydrogen) atoms. The molecule has 4 nitrogen and oxygen atoms in total. The minimum atomic E-state index is -0.415. The molecular weight excluding hydrogens is 234 g/mol. The normalized spacial score (nSPS) is 22.8. The van der Waals surface area contributed by atoms with Gasteiger partial charge in [0.05, 0.1) is 11.0 Å². The van der Waals surface area contributed by atoms with E-state index in [-0.39, 0.29) is 5.54 Å². The monoisotopic (exact) mass is 255 g/mol. The van der Waals surface area contributed by atoms with Crippen LogP contribution in [0, 0.1) is 0 Å². The van der Waals surface area contributed by atoms with Crippen LogP contribution >= 0.6 is 11.3 Å². The molecule has 1 N–H and O–H groups in total. The van der Waals surface area contributed by atoms with Crippen molar-refractivity contribution in [3.8, 4) is 0 Å². The van der Waals surface area contributed by atoms with Gasteiger partial charge in [-0.3, -0.25) is 4.90 Å². The number of anilines is 1. The number of aliphatic hydroxyl groups is 1. The van der Waals surface area contributed by atoms with Crippen LogP contribution in [0.2, 0.25) is 0 Å². The van der Waals surface area contributed by atoms with Gasteiger partial charge in [0.1, 0.15) is 0 Å². The molecular formula is C12H21N3OS. The van der Waals surface area contributed by atoms with Crippen LogP contribution in [0.3, 0.4) is 0 Å². The zero-order chi connectivity index (χ0) is 12.6. The number of likely N-dealkylation sites (N-methyl/N-ethyl adjacent to an activating group) is 1. The first-order valence-corrected chi connectivity index (χ1v) is 6.82. The van der Waals surface area contributed by atoms with Gasteiger partial charge in [0.25, 0.3) is 0 Å². The smallest absolute Gasteiger partial charge is 0.185 e. The van der Waals surface area contributed by atoms with Gasteiger partial charge in [-0.05, 0) is 27.8 Å². The molecule has 0 aliphatic carbocycles. The van der Waals surface area contributed by atoms with Crippen molar-refractivity contribution in [3.05, 3.63) is 11.1 Å². The van der Waals surface area contributed by atoms with E-state index < -0.39 is 6.10 Å². The molecule has 1 aromatic rings. The van der Waals surface area contributed by atoms with Gasteiger partial charge in [0.15, 0.2) is 5.13 Å². The van der Waals surface area contributed by atoms with Gasteiger partial charge in [0, 0.05) is 31.4 Å². The predicted molar refractivity (Wildman–Crippen MR) is 71.7 cm³/mol. The van der Waals surface area contributed by atoms with E-state index in [9.17, 15) is 5.11 Å². The lowest BCUT2D eigenvalue weighted by Crippen LogP contribution is -2.57. The van der Waals surface area contributed by atoms with Crippen LogP contribution in [0.5, 0.6) is 0 Å². The highest BCUT2D eigenvalue weighted by molar-refractivity contribution is 7.15. The van der Waals surface area contributed by atoms with E-state index >= 15 is 0 Å². The van der Waals surface area contributed by atoms with E-state index in [1.54, 1.807) is 24.5 Å². The Morgan fingerprint density at radius 1 is 1.47 bits per heavy atom. The second-order valence-corrected chi connectivity index (χ2v) is 6.42. The molecule has 1 fully saturated rings. The molecule has 1 aliphatic heterocycles. The van der Waals surface area contributed by atoms with Gasteiger partial charge in [-0.15, -0.1) is 0 Å². The lowest BCUT2D eigenvalue weighted by Gasteiger charge is -2.45. The number of aromatic nitrogens is 1. The Hall–Kier alpha value is -0.650. The number of nitrogens with zero attached hydrogens (tertiary/aromatic N) is 3. The van der Waals surface area contributed by atoms with Crippen LogP contribution in [0.4, 0.5) is 5.13 Å². The highest BCUT2D eigenvalue weighted by Gasteiger charge is 2.32. The Kier molecular flexibility index (Phi) is 3.43. The summed E-state index contributed by atoms with van der Waals surface area (Å²) in [5.74, 6) is 0. The summed E-state index contributed by atoms with van der Waals surface area (Å²) in [5, 5.41) is 10.6. The maximum Gasteiger partial charge on any atom is 0.185 e. The van der Waals surface area contributed by atoms with Crippen molar-refractivity contribution in [2.45, 2.75) is 32.4 Å². The molecule has 1 unspecified atom stereocenters. The molecule has 0 saturated carbocycles. The lowest BCUT2D eigenvalue weighted by atomic mass is 10.0. The number of piperazine rings is 1. The Morgan fingerprint density at radius 2 is 2.18 bits per heavy atom. The summed E-state index contributed by atoms with van der Waals surface area (Å²) in [6, 6.07) is 0. The fourth-order valence-corrected chi connectivity index (χ4v) is 2.90. The average Bonchev–Trinajstić information content (AvgIpc) is 2.71. The third-order valence-electron chi connectivity index (χ3n) is 3.51. The average molecular weight is 255 g/mol. The predicted octanol–water partition coefficient (Wildman–Crippen LogP) is 1.73. The first-order valence-electron chi connectivity index (χ1n) is 6.00. The van der Waals surface area contributed by atoms with E-state index in [1.807, 2.05) is 0 Å². The quantitative estimate of drug-likeness (QED) is 0.873. The van der Waals surface area contributed by atoms with Gasteiger partial charge in [-0.2, -0.15) is 0 Å². The van der Waals surface area contributed by atoms with Crippen molar-refractivity contribution in [1.29, 1.82) is 0 Å². The summed E-state index contributed by atoms with van der Waals surface area (Å²) in [6.45, 7) is 9.33. The number of thiazole rings is 1. The number of hydrogen-bond acceptors (Lipinski definition) is 5. The SMILES string of the molecule is CC(O)c1cnc(N2CCN(C)C(C)(C)C2)s1. The number of rotatable bonds is 2. The standard InChI is InChI=1S/C12H21N3OS/c1-9(16)10-7-13-11(17-10)15-6-5-14(4)12(2,3)8-15/h7,9,16H,5-6,8H2,1-4H3. The van der Waals surface area contributed by atoms with E-state index in [1.165, 1.54) is 0 Å². The van der Waals surface area contributed by atoms with Crippen LogP contribution in [0.25, 0.3) is 0 Å². The van der Waals surface area contributed by atoms with Crippen LogP contribution in [0.15, 0.2) is 6.20 Å². The maximum atomic E-state index is 9.52. The van der Waals surface area contributed by atoms with Crippen molar-refractivity contribution < 1.29 is 5.11 Å². The summed E-state index contributed by atoms with van der Waals surface area (Å²) in [7, 11) is 2.17. The van der Waals surface area contributed by atoms with Gasteiger partial charge in [0.2, 0.25) is 0 Å². The van der Waals surface area contributed by atoms with Gasteiger partial charge >= 0.3 is 0 Å². The highest BCUT2D eigenvalue weighted by Crippen LogP contribution is 2.30. The van der Waals surface area contributed by atoms with E-state index in [0.717, 1.165) is 29.6 Å². The zero-order valence-electron chi connectivity index (χ0n) is 11.0. The van der Waals surface area contributed by atoms with Gasteiger partial charge in [-0.25, -0.2) is 4.98 Å². The highest BCUT2D eigenvalue weighted by atomic mass is 32.1. The third-order valence-corrected chi connectivity index (χ3v) is 4.74. The largest absolute Gasteiger partial charge is 0.388 e. The van der Waals surface area contributed by atoms with Crippen LogP contribution < -0.4 is 4.90 Å². The minimum absolute atomic E-state index is 0.176. The maximum absolute atomic E-state index is 9.52. The molecule has 2 heterocycles. The van der Waals surface area contributed by atoms with Gasteiger partial charge in [-0.1, -0.05) is 11.3 Å². The summed E-state index contributed by atoms with van der Waals surface area (Å²) in [4.78, 5) is 10.1. The Morgan fingerprint density at radius 3 is 2.71 bits per heavy atom. The molecule has 5 heteroatoms. The lowest BCUT2D eigenvalue weighted by molar-refractivity contribution is 0.139. The molecule has 2 rings (SSSR count). The van der Waals surface area contributed by atoms with Crippen molar-refractivity contribution in [2.24, 2.45) is 0 Å². The molecule has 1 aromatic heterocycles. The van der Waals surface area contributed by atoms with E-state index in [0.29, 0.717) is 0 Å². The molecule has 0 aromatic carbocycles. The van der Waals surface area contributed by atoms with Gasteiger partial charge < -0.3 is 10.0 Å². The fourth-order valence-electron chi connectivity index (χ4n) is 2.02. The molecule has 0 spiro atoms. The van der Waals surface area contributed by atoms with Crippen molar-refractivity contribution >= 4 is 16.5 Å². The molecule has 0 radical (unpaired) electrons. The molecule has 1 aliphatic rings. The second kappa shape index (κ2) is 4.55. The Balaban J connectivity index is 2.12. The van der Waals surface area contributed by atoms with Crippen molar-refractivity contribution in [3.63, 3.8) is 0 Å². The van der Waals surface area contributed by atoms with Crippen LogP contribution in [-0.2, 0) is 0 Å². The van der Waals surface area contributed by atoms with Crippen molar-refractivity contribution in [1.82, 2.24) is 9.88 Å². The summed E-state index contributed by atoms with van der Waals surface area (Å²) < 4.78 is 0. The van der Waals surface area contributed by atoms with Crippen molar-refractivity contribution in [2.75, 3.05) is 31.6 Å². The third kappa shape index (κ3) is 2.61. The molecule has 0 amide bonds. The van der Waals surface area contributed by atoms with E-state index in [4.69, 9.17) is 0 Å². The van der Waals surface area contributed by atoms with Crippen LogP contribution in [-0.4, -0.2) is 47.2 Å². The summed E-state index contributed by atoms with van der Waals surface area (Å²) >= 11 is 1.60. The summed E-state index contributed by atoms with van der Waals surface area (Å²) in [6.07, 6.45) is 1.37. The Bertz CT molecular complexity index is 389. The second-order valence-electron chi connectivity index (χ2n) is 5.38. The minimum Gasteiger partial charge on any atom is -0.388 e. The first-order chi connectivity index (χ1) is 7.90. The molecule has 1 atom stereocenters. The molecule has 0 bridgehead atoms. The number of hydrogen-bond donors (Lipinski definition) is 1. The van der Waals surface area contributed by atoms with E-state index in [2.05, 4.69) is 35.7 Å². The molecule has 1 saturated heterocycles. The fraction of sp³-hybridized carbons (Fsp3) is 0.750. The Labute approximate surface area is 107 Å². The first kappa shape index (κ1) is 12.8. The molecule has 96 valence electrons. The number of aliphatic hydroxyl groups excluding tert-OH is 1. The summed E-state index contributed by atoms with van der Waals surface area (Å²) in [5.41, 5.74) is 0.176. The zero-order valence-corrected chi connectivity index (χ0v) is 11.8. The topological polar surface area (TPSA) is 39.6 Å². The van der Waals surface area contributed by atoms with Crippen LogP contribution in [0.1, 0.15) is 31.8 Å².